The summed E-state index contributed by atoms with van der Waals surface area (Å²) in [5.41, 5.74) is 1.49. The van der Waals surface area contributed by atoms with Gasteiger partial charge in [0.1, 0.15) is 0 Å². The van der Waals surface area contributed by atoms with E-state index in [0.717, 1.165) is 31.5 Å². The molecule has 0 saturated carbocycles. The van der Waals surface area contributed by atoms with Crippen molar-refractivity contribution < 1.29 is 9.59 Å². The van der Waals surface area contributed by atoms with E-state index in [4.69, 9.17) is 0 Å². The molecule has 0 bridgehead atoms. The molecule has 2 aliphatic heterocycles. The molecular weight excluding hydrogens is 368 g/mol. The molecule has 2 aromatic rings. The van der Waals surface area contributed by atoms with Crippen LogP contribution in [-0.2, 0) is 11.3 Å². The van der Waals surface area contributed by atoms with Crippen LogP contribution in [0.1, 0.15) is 35.3 Å². The summed E-state index contributed by atoms with van der Waals surface area (Å²) in [5.74, 6) is 0.125. The Bertz CT molecular complexity index is 823. The standard InChI is InChI=1S/C21H28N6O2/c28-20(25-9-5-2-6-10-25)17-24-11-13-26(14-12-24)21(29)19-16-27(23-22-19)15-18-7-3-1-4-8-18/h1,3-4,7-8,16H,2,5-6,9-15,17H2. The van der Waals surface area contributed by atoms with Crippen molar-refractivity contribution in [3.05, 3.63) is 47.8 Å². The van der Waals surface area contributed by atoms with Crippen molar-refractivity contribution in [2.75, 3.05) is 45.8 Å². The van der Waals surface area contributed by atoms with Crippen molar-refractivity contribution in [2.45, 2.75) is 25.8 Å². The number of amides is 2. The summed E-state index contributed by atoms with van der Waals surface area (Å²) in [7, 11) is 0. The molecule has 8 heteroatoms. The van der Waals surface area contributed by atoms with Gasteiger partial charge in [0.2, 0.25) is 5.91 Å². The summed E-state index contributed by atoms with van der Waals surface area (Å²) in [6, 6.07) is 9.97. The SMILES string of the molecule is O=C(CN1CCN(C(=O)c2cn(Cc3ccccc3)nn2)CC1)N1CCCCC1. The lowest BCUT2D eigenvalue weighted by molar-refractivity contribution is -0.133. The number of carbonyl (C=O) groups excluding carboxylic acids is 2. The number of benzene rings is 1. The molecule has 29 heavy (non-hydrogen) atoms. The molecule has 3 heterocycles. The summed E-state index contributed by atoms with van der Waals surface area (Å²) >= 11 is 0. The first-order valence-electron chi connectivity index (χ1n) is 10.4. The smallest absolute Gasteiger partial charge is 0.276 e. The van der Waals surface area contributed by atoms with E-state index in [1.54, 1.807) is 15.8 Å². The van der Waals surface area contributed by atoms with E-state index in [1.165, 1.54) is 6.42 Å². The first kappa shape index (κ1) is 19.6. The molecule has 2 amide bonds. The zero-order valence-corrected chi connectivity index (χ0v) is 16.7. The quantitative estimate of drug-likeness (QED) is 0.757. The van der Waals surface area contributed by atoms with Gasteiger partial charge in [0.15, 0.2) is 5.69 Å². The Morgan fingerprint density at radius 2 is 1.59 bits per heavy atom. The van der Waals surface area contributed by atoms with E-state index >= 15 is 0 Å². The molecule has 1 aromatic carbocycles. The zero-order valence-electron chi connectivity index (χ0n) is 16.7. The molecule has 0 N–H and O–H groups in total. The first-order valence-corrected chi connectivity index (χ1v) is 10.4. The minimum Gasteiger partial charge on any atom is -0.342 e. The van der Waals surface area contributed by atoms with Crippen molar-refractivity contribution in [3.63, 3.8) is 0 Å². The van der Waals surface area contributed by atoms with Crippen LogP contribution in [0, 0.1) is 0 Å². The van der Waals surface area contributed by atoms with Crippen LogP contribution in [0.4, 0.5) is 0 Å². The second kappa shape index (κ2) is 9.17. The molecule has 154 valence electrons. The zero-order chi connectivity index (χ0) is 20.1. The molecule has 0 atom stereocenters. The van der Waals surface area contributed by atoms with Gasteiger partial charge in [0, 0.05) is 39.3 Å². The van der Waals surface area contributed by atoms with Crippen LogP contribution in [0.5, 0.6) is 0 Å². The molecule has 2 saturated heterocycles. The second-order valence-electron chi connectivity index (χ2n) is 7.80. The molecule has 0 unspecified atom stereocenters. The van der Waals surface area contributed by atoms with Crippen molar-refractivity contribution in [2.24, 2.45) is 0 Å². The van der Waals surface area contributed by atoms with Gasteiger partial charge in [0.25, 0.3) is 5.91 Å². The van der Waals surface area contributed by atoms with Gasteiger partial charge < -0.3 is 9.80 Å². The predicted molar refractivity (Wildman–Crippen MR) is 108 cm³/mol. The average Bonchev–Trinajstić information content (AvgIpc) is 3.23. The highest BCUT2D eigenvalue weighted by molar-refractivity contribution is 5.92. The second-order valence-corrected chi connectivity index (χ2v) is 7.80. The lowest BCUT2D eigenvalue weighted by atomic mass is 10.1. The van der Waals surface area contributed by atoms with Gasteiger partial charge in [0.05, 0.1) is 19.3 Å². The van der Waals surface area contributed by atoms with Gasteiger partial charge in [-0.1, -0.05) is 35.5 Å². The van der Waals surface area contributed by atoms with E-state index in [1.807, 2.05) is 35.2 Å². The van der Waals surface area contributed by atoms with Gasteiger partial charge in [-0.05, 0) is 24.8 Å². The van der Waals surface area contributed by atoms with Crippen LogP contribution in [0.2, 0.25) is 0 Å². The number of piperidine rings is 1. The summed E-state index contributed by atoms with van der Waals surface area (Å²) in [6.45, 7) is 5.46. The third kappa shape index (κ3) is 5.00. The predicted octanol–water partition coefficient (Wildman–Crippen LogP) is 1.10. The molecular formula is C21H28N6O2. The highest BCUT2D eigenvalue weighted by atomic mass is 16.2. The van der Waals surface area contributed by atoms with Crippen LogP contribution in [0.3, 0.4) is 0 Å². The van der Waals surface area contributed by atoms with E-state index in [-0.39, 0.29) is 11.8 Å². The first-order chi connectivity index (χ1) is 14.2. The Morgan fingerprint density at radius 3 is 2.31 bits per heavy atom. The van der Waals surface area contributed by atoms with Gasteiger partial charge in [-0.15, -0.1) is 5.10 Å². The summed E-state index contributed by atoms with van der Waals surface area (Å²) < 4.78 is 1.69. The van der Waals surface area contributed by atoms with Crippen molar-refractivity contribution in [3.8, 4) is 0 Å². The molecule has 1 aromatic heterocycles. The molecule has 0 radical (unpaired) electrons. The Balaban J connectivity index is 1.26. The monoisotopic (exact) mass is 396 g/mol. The number of piperazine rings is 1. The number of carbonyl (C=O) groups is 2. The third-order valence-corrected chi connectivity index (χ3v) is 5.67. The number of aromatic nitrogens is 3. The fourth-order valence-electron chi connectivity index (χ4n) is 3.95. The highest BCUT2D eigenvalue weighted by Gasteiger charge is 2.26. The van der Waals surface area contributed by atoms with Crippen LogP contribution >= 0.6 is 0 Å². The molecule has 2 aliphatic rings. The number of nitrogens with zero attached hydrogens (tertiary/aromatic N) is 6. The highest BCUT2D eigenvalue weighted by Crippen LogP contribution is 2.11. The minimum atomic E-state index is -0.0914. The van der Waals surface area contributed by atoms with E-state index < -0.39 is 0 Å². The van der Waals surface area contributed by atoms with Gasteiger partial charge >= 0.3 is 0 Å². The topological polar surface area (TPSA) is 74.6 Å². The number of hydrogen-bond donors (Lipinski definition) is 0. The van der Waals surface area contributed by atoms with Crippen molar-refractivity contribution in [1.82, 2.24) is 29.7 Å². The number of hydrogen-bond acceptors (Lipinski definition) is 5. The number of rotatable bonds is 5. The Morgan fingerprint density at radius 1 is 0.862 bits per heavy atom. The number of likely N-dealkylation sites (tertiary alicyclic amines) is 1. The Hall–Kier alpha value is -2.74. The summed E-state index contributed by atoms with van der Waals surface area (Å²) in [5, 5.41) is 8.16. The van der Waals surface area contributed by atoms with E-state index in [2.05, 4.69) is 15.2 Å². The van der Waals surface area contributed by atoms with Crippen LogP contribution < -0.4 is 0 Å². The molecule has 2 fully saturated rings. The van der Waals surface area contributed by atoms with Crippen molar-refractivity contribution >= 4 is 11.8 Å². The Kier molecular flexibility index (Phi) is 6.19. The van der Waals surface area contributed by atoms with Crippen LogP contribution in [-0.4, -0.2) is 87.3 Å². The van der Waals surface area contributed by atoms with Gasteiger partial charge in [-0.25, -0.2) is 4.68 Å². The van der Waals surface area contributed by atoms with Crippen LogP contribution in [0.15, 0.2) is 36.5 Å². The molecule has 0 spiro atoms. The van der Waals surface area contributed by atoms with Crippen molar-refractivity contribution in [1.29, 1.82) is 0 Å². The van der Waals surface area contributed by atoms with Gasteiger partial charge in [-0.3, -0.25) is 14.5 Å². The fourth-order valence-corrected chi connectivity index (χ4v) is 3.95. The molecule has 4 rings (SSSR count). The summed E-state index contributed by atoms with van der Waals surface area (Å²) in [4.78, 5) is 31.1. The lowest BCUT2D eigenvalue weighted by Gasteiger charge is -2.35. The maximum Gasteiger partial charge on any atom is 0.276 e. The third-order valence-electron chi connectivity index (χ3n) is 5.67. The normalized spacial score (nSPS) is 18.1. The van der Waals surface area contributed by atoms with Crippen LogP contribution in [0.25, 0.3) is 0 Å². The Labute approximate surface area is 171 Å². The maximum absolute atomic E-state index is 12.8. The largest absolute Gasteiger partial charge is 0.342 e. The van der Waals surface area contributed by atoms with E-state index in [9.17, 15) is 9.59 Å². The average molecular weight is 396 g/mol. The molecule has 0 aliphatic carbocycles. The molecule has 8 nitrogen and oxygen atoms in total. The van der Waals surface area contributed by atoms with Gasteiger partial charge in [-0.2, -0.15) is 0 Å². The lowest BCUT2D eigenvalue weighted by Crippen LogP contribution is -2.52. The summed E-state index contributed by atoms with van der Waals surface area (Å²) in [6.07, 6.45) is 5.15. The minimum absolute atomic E-state index is 0.0914. The fraction of sp³-hybridized carbons (Fsp3) is 0.524. The van der Waals surface area contributed by atoms with E-state index in [0.29, 0.717) is 45.0 Å². The maximum atomic E-state index is 12.8.